The predicted octanol–water partition coefficient (Wildman–Crippen LogP) is 4.17. The number of fused-ring (bicyclic) bond motifs is 1. The van der Waals surface area contributed by atoms with Gasteiger partial charge in [0.1, 0.15) is 0 Å². The van der Waals surface area contributed by atoms with Crippen molar-refractivity contribution in [2.45, 2.75) is 52.1 Å². The molecule has 1 unspecified atom stereocenters. The summed E-state index contributed by atoms with van der Waals surface area (Å²) in [5.74, 6) is 0. The largest absolute Gasteiger partial charge is 0.393 e. The molecule has 2 nitrogen and oxygen atoms in total. The number of rotatable bonds is 6. The van der Waals surface area contributed by atoms with Crippen LogP contribution in [-0.4, -0.2) is 11.6 Å². The van der Waals surface area contributed by atoms with Gasteiger partial charge in [-0.05, 0) is 43.2 Å². The number of hydrogen-bond acceptors (Lipinski definition) is 2. The van der Waals surface area contributed by atoms with E-state index in [9.17, 15) is 0 Å². The number of aryl methyl sites for hydroxylation is 1. The molecule has 2 N–H and O–H groups in total. The van der Waals surface area contributed by atoms with Crippen molar-refractivity contribution in [2.75, 3.05) is 6.61 Å². The molecule has 0 amide bonds. The van der Waals surface area contributed by atoms with Crippen molar-refractivity contribution in [3.63, 3.8) is 0 Å². The second-order valence-corrected chi connectivity index (χ2v) is 6.74. The van der Waals surface area contributed by atoms with Gasteiger partial charge in [0.25, 0.3) is 0 Å². The van der Waals surface area contributed by atoms with Crippen molar-refractivity contribution >= 4 is 17.2 Å². The van der Waals surface area contributed by atoms with Crippen molar-refractivity contribution in [1.82, 2.24) is 0 Å². The van der Waals surface area contributed by atoms with E-state index in [2.05, 4.69) is 38.1 Å². The Balaban J connectivity index is 1.83. The zero-order valence-corrected chi connectivity index (χ0v) is 13.3. The Bertz CT molecular complexity index is 470. The molecule has 2 rings (SSSR count). The van der Waals surface area contributed by atoms with Crippen LogP contribution in [0.5, 0.6) is 0 Å². The van der Waals surface area contributed by atoms with E-state index in [1.165, 1.54) is 24.0 Å². The summed E-state index contributed by atoms with van der Waals surface area (Å²) in [5.41, 5.74) is 8.52. The van der Waals surface area contributed by atoms with Crippen LogP contribution in [0, 0.1) is 5.41 Å². The molecule has 20 heavy (non-hydrogen) atoms. The van der Waals surface area contributed by atoms with Crippen molar-refractivity contribution in [3.8, 4) is 0 Å². The van der Waals surface area contributed by atoms with Crippen molar-refractivity contribution < 1.29 is 4.74 Å². The molecule has 0 aliphatic heterocycles. The van der Waals surface area contributed by atoms with E-state index in [1.807, 2.05) is 0 Å². The van der Waals surface area contributed by atoms with Crippen molar-refractivity contribution in [1.29, 1.82) is 0 Å². The molecule has 0 heterocycles. The number of ether oxygens (including phenoxy) is 1. The summed E-state index contributed by atoms with van der Waals surface area (Å²) in [4.78, 5) is 0.598. The van der Waals surface area contributed by atoms with Crippen LogP contribution in [0.1, 0.15) is 56.8 Å². The lowest BCUT2D eigenvalue weighted by molar-refractivity contribution is 0.0362. The Labute approximate surface area is 127 Å². The summed E-state index contributed by atoms with van der Waals surface area (Å²) in [6.07, 6.45) is 5.80. The van der Waals surface area contributed by atoms with E-state index in [1.54, 1.807) is 0 Å². The van der Waals surface area contributed by atoms with Crippen LogP contribution in [0.25, 0.3) is 0 Å². The van der Waals surface area contributed by atoms with Gasteiger partial charge in [0.15, 0.2) is 0 Å². The van der Waals surface area contributed by atoms with Gasteiger partial charge in [-0.25, -0.2) is 0 Å². The SMILES string of the molecule is CC(C)(CCCOC1CCCc2ccccc21)C(N)=S. The third-order valence-corrected chi connectivity index (χ3v) is 4.80. The highest BCUT2D eigenvalue weighted by molar-refractivity contribution is 7.80. The maximum atomic E-state index is 6.10. The Kier molecular flexibility index (Phi) is 5.17. The maximum absolute atomic E-state index is 6.10. The van der Waals surface area contributed by atoms with Gasteiger partial charge < -0.3 is 10.5 Å². The number of hydrogen-bond donors (Lipinski definition) is 1. The first-order valence-electron chi connectivity index (χ1n) is 7.50. The maximum Gasteiger partial charge on any atom is 0.0827 e. The van der Waals surface area contributed by atoms with Gasteiger partial charge in [-0.3, -0.25) is 0 Å². The number of nitrogens with two attached hydrogens (primary N) is 1. The van der Waals surface area contributed by atoms with Crippen LogP contribution in [0.2, 0.25) is 0 Å². The first-order chi connectivity index (χ1) is 9.50. The minimum Gasteiger partial charge on any atom is -0.393 e. The smallest absolute Gasteiger partial charge is 0.0827 e. The fourth-order valence-electron chi connectivity index (χ4n) is 2.75. The van der Waals surface area contributed by atoms with E-state index >= 15 is 0 Å². The molecule has 0 bridgehead atoms. The van der Waals surface area contributed by atoms with Crippen molar-refractivity contribution in [3.05, 3.63) is 35.4 Å². The number of thiocarbonyl (C=S) groups is 1. The highest BCUT2D eigenvalue weighted by atomic mass is 32.1. The summed E-state index contributed by atoms with van der Waals surface area (Å²) < 4.78 is 6.10. The predicted molar refractivity (Wildman–Crippen MR) is 87.9 cm³/mol. The lowest BCUT2D eigenvalue weighted by Crippen LogP contribution is -2.30. The van der Waals surface area contributed by atoms with E-state index < -0.39 is 0 Å². The molecule has 1 aliphatic carbocycles. The van der Waals surface area contributed by atoms with Crippen LogP contribution >= 0.6 is 12.2 Å². The third-order valence-electron chi connectivity index (χ3n) is 4.25. The van der Waals surface area contributed by atoms with E-state index in [-0.39, 0.29) is 11.5 Å². The molecule has 1 atom stereocenters. The fraction of sp³-hybridized carbons (Fsp3) is 0.588. The van der Waals surface area contributed by atoms with Gasteiger partial charge in [0.05, 0.1) is 11.1 Å². The molecular weight excluding hydrogens is 266 g/mol. The highest BCUT2D eigenvalue weighted by Gasteiger charge is 2.22. The second kappa shape index (κ2) is 6.68. The molecule has 0 radical (unpaired) electrons. The van der Waals surface area contributed by atoms with Gasteiger partial charge in [-0.15, -0.1) is 0 Å². The fourth-order valence-corrected chi connectivity index (χ4v) is 2.85. The standard InChI is InChI=1S/C17H25NOS/c1-17(2,16(18)20)11-6-12-19-15-10-5-8-13-7-3-4-9-14(13)15/h3-4,7,9,15H,5-6,8,10-12H2,1-2H3,(H2,18,20). The van der Waals surface area contributed by atoms with Gasteiger partial charge in [-0.2, -0.15) is 0 Å². The Morgan fingerprint density at radius 2 is 2.15 bits per heavy atom. The summed E-state index contributed by atoms with van der Waals surface area (Å²) >= 11 is 5.10. The molecule has 0 fully saturated rings. The van der Waals surface area contributed by atoms with Crippen LogP contribution < -0.4 is 5.73 Å². The Hall–Kier alpha value is -0.930. The first-order valence-corrected chi connectivity index (χ1v) is 7.91. The van der Waals surface area contributed by atoms with Crippen LogP contribution in [0.15, 0.2) is 24.3 Å². The molecule has 1 aromatic rings. The molecule has 110 valence electrons. The average Bonchev–Trinajstić information content (AvgIpc) is 2.43. The molecule has 3 heteroatoms. The third kappa shape index (κ3) is 3.80. The monoisotopic (exact) mass is 291 g/mol. The lowest BCUT2D eigenvalue weighted by atomic mass is 9.88. The first kappa shape index (κ1) is 15.5. The molecular formula is C17H25NOS. The van der Waals surface area contributed by atoms with Crippen LogP contribution in [-0.2, 0) is 11.2 Å². The van der Waals surface area contributed by atoms with Gasteiger partial charge in [-0.1, -0.05) is 50.3 Å². The highest BCUT2D eigenvalue weighted by Crippen LogP contribution is 2.32. The van der Waals surface area contributed by atoms with Crippen LogP contribution in [0.3, 0.4) is 0 Å². The van der Waals surface area contributed by atoms with Gasteiger partial charge >= 0.3 is 0 Å². The van der Waals surface area contributed by atoms with E-state index in [0.29, 0.717) is 4.99 Å². The van der Waals surface area contributed by atoms with Crippen molar-refractivity contribution in [2.24, 2.45) is 11.1 Å². The number of benzene rings is 1. The normalized spacial score (nSPS) is 18.6. The molecule has 0 spiro atoms. The van der Waals surface area contributed by atoms with E-state index in [4.69, 9.17) is 22.7 Å². The zero-order chi connectivity index (χ0) is 14.6. The summed E-state index contributed by atoms with van der Waals surface area (Å²) in [6.45, 7) is 4.99. The Morgan fingerprint density at radius 1 is 1.40 bits per heavy atom. The zero-order valence-electron chi connectivity index (χ0n) is 12.5. The second-order valence-electron chi connectivity index (χ2n) is 6.30. The minimum atomic E-state index is -0.0663. The average molecular weight is 291 g/mol. The summed E-state index contributed by atoms with van der Waals surface area (Å²) in [7, 11) is 0. The Morgan fingerprint density at radius 3 is 2.90 bits per heavy atom. The quantitative estimate of drug-likeness (QED) is 0.631. The molecule has 1 aromatic carbocycles. The van der Waals surface area contributed by atoms with Crippen LogP contribution in [0.4, 0.5) is 0 Å². The molecule has 0 aromatic heterocycles. The molecule has 1 aliphatic rings. The molecule has 0 saturated carbocycles. The molecule has 0 saturated heterocycles. The van der Waals surface area contributed by atoms with E-state index in [0.717, 1.165) is 25.9 Å². The van der Waals surface area contributed by atoms with Gasteiger partial charge in [0, 0.05) is 12.0 Å². The summed E-state index contributed by atoms with van der Waals surface area (Å²) in [6, 6.07) is 8.65. The van der Waals surface area contributed by atoms with Gasteiger partial charge in [0.2, 0.25) is 0 Å². The minimum absolute atomic E-state index is 0.0663. The summed E-state index contributed by atoms with van der Waals surface area (Å²) in [5, 5.41) is 0. The lowest BCUT2D eigenvalue weighted by Gasteiger charge is -2.27. The topological polar surface area (TPSA) is 35.2 Å².